The van der Waals surface area contributed by atoms with E-state index in [9.17, 15) is 18.3 Å². The highest BCUT2D eigenvalue weighted by Gasteiger charge is 2.40. The number of halogens is 1. The number of benzene rings is 1. The van der Waals surface area contributed by atoms with Gasteiger partial charge in [0, 0.05) is 30.9 Å². The molecule has 0 bridgehead atoms. The second-order valence-corrected chi connectivity index (χ2v) is 8.79. The van der Waals surface area contributed by atoms with E-state index < -0.39 is 22.0 Å². The molecule has 0 aliphatic carbocycles. The van der Waals surface area contributed by atoms with Crippen molar-refractivity contribution in [3.63, 3.8) is 0 Å². The molecule has 1 aliphatic heterocycles. The Balaban J connectivity index is 1.63. The molecule has 0 radical (unpaired) electrons. The van der Waals surface area contributed by atoms with Crippen molar-refractivity contribution in [3.05, 3.63) is 53.9 Å². The van der Waals surface area contributed by atoms with Crippen LogP contribution in [0.3, 0.4) is 0 Å². The first-order chi connectivity index (χ1) is 13.9. The van der Waals surface area contributed by atoms with E-state index in [0.29, 0.717) is 21.9 Å². The van der Waals surface area contributed by atoms with Crippen LogP contribution in [-0.2, 0) is 14.8 Å². The van der Waals surface area contributed by atoms with E-state index in [4.69, 9.17) is 11.6 Å². The van der Waals surface area contributed by atoms with E-state index >= 15 is 0 Å². The van der Waals surface area contributed by atoms with Crippen molar-refractivity contribution < 1.29 is 18.3 Å². The zero-order valence-electron chi connectivity index (χ0n) is 15.0. The van der Waals surface area contributed by atoms with Crippen LogP contribution in [0.1, 0.15) is 0 Å². The van der Waals surface area contributed by atoms with Gasteiger partial charge in [0.1, 0.15) is 17.4 Å². The van der Waals surface area contributed by atoms with Crippen LogP contribution >= 0.6 is 11.6 Å². The Morgan fingerprint density at radius 3 is 2.59 bits per heavy atom. The third kappa shape index (κ3) is 3.74. The number of nitrogens with zero attached hydrogens (tertiary/aromatic N) is 5. The number of pyridine rings is 1. The van der Waals surface area contributed by atoms with Gasteiger partial charge in [0.15, 0.2) is 0 Å². The molecule has 0 amide bonds. The van der Waals surface area contributed by atoms with Gasteiger partial charge < -0.3 is 10.0 Å². The highest BCUT2D eigenvalue weighted by molar-refractivity contribution is 7.89. The number of rotatable bonds is 4. The Kier molecular flexibility index (Phi) is 5.07. The Morgan fingerprint density at radius 2 is 1.86 bits per heavy atom. The molecular formula is C18H16ClN5O4S. The van der Waals surface area contributed by atoms with Gasteiger partial charge in [-0.1, -0.05) is 11.6 Å². The summed E-state index contributed by atoms with van der Waals surface area (Å²) in [5, 5.41) is 10.1. The monoisotopic (exact) mass is 433 g/mol. The average molecular weight is 434 g/mol. The molecule has 0 saturated carbocycles. The van der Waals surface area contributed by atoms with Crippen LogP contribution < -0.4 is 4.90 Å². The second-order valence-electron chi connectivity index (χ2n) is 6.46. The zero-order chi connectivity index (χ0) is 20.6. The molecule has 2 aromatic heterocycles. The van der Waals surface area contributed by atoms with E-state index in [0.717, 1.165) is 4.31 Å². The smallest absolute Gasteiger partial charge is 0.323 e. The van der Waals surface area contributed by atoms with Crippen LogP contribution in [0, 0.1) is 0 Å². The summed E-state index contributed by atoms with van der Waals surface area (Å²) in [7, 11) is -3.99. The van der Waals surface area contributed by atoms with Gasteiger partial charge in [0.25, 0.3) is 0 Å². The first kappa shape index (κ1) is 19.5. The van der Waals surface area contributed by atoms with Crippen molar-refractivity contribution in [2.24, 2.45) is 0 Å². The summed E-state index contributed by atoms with van der Waals surface area (Å²) in [6, 6.07) is 6.10. The van der Waals surface area contributed by atoms with E-state index in [-0.39, 0.29) is 24.5 Å². The predicted molar refractivity (Wildman–Crippen MR) is 106 cm³/mol. The van der Waals surface area contributed by atoms with Gasteiger partial charge in [-0.2, -0.15) is 4.31 Å². The van der Waals surface area contributed by atoms with Crippen molar-refractivity contribution in [1.29, 1.82) is 0 Å². The number of anilines is 1. The van der Waals surface area contributed by atoms with Gasteiger partial charge in [-0.3, -0.25) is 9.78 Å². The summed E-state index contributed by atoms with van der Waals surface area (Å²) in [6.07, 6.45) is 4.71. The lowest BCUT2D eigenvalue weighted by atomic mass is 10.2. The molecule has 9 nitrogen and oxygen atoms in total. The number of aromatic nitrogens is 3. The number of aliphatic carboxylic acids is 1. The van der Waals surface area contributed by atoms with Crippen LogP contribution in [0.25, 0.3) is 11.0 Å². The van der Waals surface area contributed by atoms with Crippen LogP contribution in [-0.4, -0.2) is 64.4 Å². The van der Waals surface area contributed by atoms with Crippen molar-refractivity contribution in [2.75, 3.05) is 24.5 Å². The summed E-state index contributed by atoms with van der Waals surface area (Å²) < 4.78 is 27.0. The maximum absolute atomic E-state index is 13.0. The number of carbonyl (C=O) groups is 1. The van der Waals surface area contributed by atoms with Crippen molar-refractivity contribution in [2.45, 2.75) is 10.9 Å². The molecular weight excluding hydrogens is 418 g/mol. The van der Waals surface area contributed by atoms with Gasteiger partial charge in [0.2, 0.25) is 10.0 Å². The van der Waals surface area contributed by atoms with Crippen molar-refractivity contribution in [1.82, 2.24) is 19.3 Å². The highest BCUT2D eigenvalue weighted by Crippen LogP contribution is 2.25. The quantitative estimate of drug-likeness (QED) is 0.660. The minimum absolute atomic E-state index is 0.000373. The first-order valence-corrected chi connectivity index (χ1v) is 10.5. The number of sulfonamides is 1. The normalized spacial score (nSPS) is 18.1. The number of piperazine rings is 1. The lowest BCUT2D eigenvalue weighted by Crippen LogP contribution is -2.58. The highest BCUT2D eigenvalue weighted by atomic mass is 35.5. The van der Waals surface area contributed by atoms with E-state index in [2.05, 4.69) is 15.0 Å². The SMILES string of the molecule is O=C(O)[C@H]1CN(c2cnc3cnccc3n2)CCN1S(=O)(=O)c1ccc(Cl)cc1. The number of fused-ring (bicyclic) bond motifs is 1. The predicted octanol–water partition coefficient (Wildman–Crippen LogP) is 1.64. The summed E-state index contributed by atoms with van der Waals surface area (Å²) in [4.78, 5) is 26.4. The van der Waals surface area contributed by atoms with Gasteiger partial charge in [0.05, 0.1) is 22.8 Å². The number of carboxylic acids is 1. The van der Waals surface area contributed by atoms with E-state index in [1.807, 2.05) is 0 Å². The zero-order valence-corrected chi connectivity index (χ0v) is 16.6. The Hall–Kier alpha value is -2.82. The largest absolute Gasteiger partial charge is 0.480 e. The molecule has 11 heteroatoms. The van der Waals surface area contributed by atoms with Gasteiger partial charge >= 0.3 is 5.97 Å². The van der Waals surface area contributed by atoms with Crippen LogP contribution in [0.4, 0.5) is 5.82 Å². The molecule has 29 heavy (non-hydrogen) atoms. The maximum Gasteiger partial charge on any atom is 0.323 e. The number of hydrogen-bond acceptors (Lipinski definition) is 7. The maximum atomic E-state index is 13.0. The van der Waals surface area contributed by atoms with E-state index in [1.54, 1.807) is 23.4 Å². The molecule has 4 rings (SSSR count). The minimum atomic E-state index is -3.99. The molecule has 0 unspecified atom stereocenters. The topological polar surface area (TPSA) is 117 Å². The van der Waals surface area contributed by atoms with Crippen molar-refractivity contribution in [3.8, 4) is 0 Å². The Labute approximate surface area is 171 Å². The molecule has 3 heterocycles. The average Bonchev–Trinajstić information content (AvgIpc) is 2.73. The molecule has 150 valence electrons. The molecule has 1 atom stereocenters. The van der Waals surface area contributed by atoms with Gasteiger partial charge in [-0.05, 0) is 30.3 Å². The fraction of sp³-hybridized carbons (Fsp3) is 0.222. The molecule has 1 aromatic carbocycles. The minimum Gasteiger partial charge on any atom is -0.480 e. The van der Waals surface area contributed by atoms with Crippen LogP contribution in [0.5, 0.6) is 0 Å². The summed E-state index contributed by atoms with van der Waals surface area (Å²) >= 11 is 5.83. The molecule has 1 N–H and O–H groups in total. The molecule has 1 saturated heterocycles. The third-order valence-electron chi connectivity index (χ3n) is 4.69. The molecule has 0 spiro atoms. The summed E-state index contributed by atoms with van der Waals surface area (Å²) in [5.41, 5.74) is 1.25. The van der Waals surface area contributed by atoms with Gasteiger partial charge in [-0.25, -0.2) is 18.4 Å². The fourth-order valence-corrected chi connectivity index (χ4v) is 4.90. The summed E-state index contributed by atoms with van der Waals surface area (Å²) in [5.74, 6) is -0.747. The standard InChI is InChI=1S/C18H16ClN5O4S/c19-12-1-3-13(4-2-12)29(27,28)24-8-7-23(11-16(24)18(25)26)17-10-21-15-9-20-6-5-14(15)22-17/h1-6,9-10,16H,7-8,11H2,(H,25,26)/t16-/m1/s1. The first-order valence-electron chi connectivity index (χ1n) is 8.68. The lowest BCUT2D eigenvalue weighted by molar-refractivity contribution is -0.141. The third-order valence-corrected chi connectivity index (χ3v) is 6.87. The van der Waals surface area contributed by atoms with Crippen LogP contribution in [0.2, 0.25) is 5.02 Å². The molecule has 1 aliphatic rings. The van der Waals surface area contributed by atoms with E-state index in [1.165, 1.54) is 30.5 Å². The lowest BCUT2D eigenvalue weighted by Gasteiger charge is -2.38. The number of carboxylic acid groups (broad SMARTS) is 1. The van der Waals surface area contributed by atoms with Crippen LogP contribution in [0.15, 0.2) is 53.8 Å². The Bertz CT molecular complexity index is 1170. The van der Waals surface area contributed by atoms with Crippen molar-refractivity contribution >= 4 is 44.4 Å². The summed E-state index contributed by atoms with van der Waals surface area (Å²) in [6.45, 7) is 0.229. The fourth-order valence-electron chi connectivity index (χ4n) is 3.21. The molecule has 1 fully saturated rings. The van der Waals surface area contributed by atoms with Gasteiger partial charge in [-0.15, -0.1) is 0 Å². The Morgan fingerprint density at radius 1 is 1.10 bits per heavy atom. The number of hydrogen-bond donors (Lipinski definition) is 1. The molecule has 3 aromatic rings. The second kappa shape index (κ2) is 7.54.